The van der Waals surface area contributed by atoms with Crippen molar-refractivity contribution < 1.29 is 0 Å². The molecule has 0 saturated heterocycles. The third-order valence-electron chi connectivity index (χ3n) is 3.25. The minimum Gasteiger partial charge on any atom is -0.262 e. The molecular weight excluding hydrogens is 284 g/mol. The maximum Gasteiger partial charge on any atom is 0.181 e. The molecule has 0 aliphatic rings. The van der Waals surface area contributed by atoms with Crippen LogP contribution < -0.4 is 0 Å². The van der Waals surface area contributed by atoms with Crippen molar-refractivity contribution in [1.82, 2.24) is 29.9 Å². The Balaban J connectivity index is 1.75. The number of H-pyrrole nitrogens is 1. The van der Waals surface area contributed by atoms with Gasteiger partial charge in [0, 0.05) is 16.4 Å². The molecule has 0 amide bonds. The van der Waals surface area contributed by atoms with Gasteiger partial charge in [-0.25, -0.2) is 9.97 Å². The molecule has 0 saturated carbocycles. The van der Waals surface area contributed by atoms with Crippen molar-refractivity contribution in [3.05, 3.63) is 42.7 Å². The van der Waals surface area contributed by atoms with Crippen molar-refractivity contribution in [1.29, 1.82) is 0 Å². The largest absolute Gasteiger partial charge is 0.262 e. The predicted octanol–water partition coefficient (Wildman–Crippen LogP) is 2.59. The topological polar surface area (TPSA) is 72.3 Å². The molecule has 0 bridgehead atoms. The van der Waals surface area contributed by atoms with E-state index in [-0.39, 0.29) is 5.92 Å². The summed E-state index contributed by atoms with van der Waals surface area (Å²) in [6, 6.07) is 8.24. The van der Waals surface area contributed by atoms with Gasteiger partial charge in [-0.05, 0) is 18.4 Å². The quantitative estimate of drug-likeness (QED) is 0.733. The Morgan fingerprint density at radius 2 is 2.10 bits per heavy atom. The van der Waals surface area contributed by atoms with Crippen LogP contribution in [0.2, 0.25) is 0 Å². The molecule has 1 N–H and O–H groups in total. The second kappa shape index (κ2) is 6.09. The van der Waals surface area contributed by atoms with Gasteiger partial charge in [0.1, 0.15) is 18.5 Å². The fourth-order valence-corrected chi connectivity index (χ4v) is 2.47. The Kier molecular flexibility index (Phi) is 4.01. The van der Waals surface area contributed by atoms with Gasteiger partial charge in [-0.2, -0.15) is 10.2 Å². The molecule has 1 atom stereocenters. The van der Waals surface area contributed by atoms with Crippen LogP contribution in [0.3, 0.4) is 0 Å². The zero-order valence-corrected chi connectivity index (χ0v) is 12.7. The number of thioether (sulfide) groups is 1. The number of nitrogens with one attached hydrogen (secondary N) is 1. The van der Waals surface area contributed by atoms with Crippen LogP contribution in [0.4, 0.5) is 0 Å². The first-order valence-corrected chi connectivity index (χ1v) is 7.88. The number of hydrogen-bond acceptors (Lipinski definition) is 5. The lowest BCUT2D eigenvalue weighted by Gasteiger charge is -2.06. The number of hydrogen-bond donors (Lipinski definition) is 1. The Bertz CT molecular complexity index is 689. The fourth-order valence-electron chi connectivity index (χ4n) is 2.06. The van der Waals surface area contributed by atoms with Gasteiger partial charge in [-0.15, -0.1) is 11.8 Å². The van der Waals surface area contributed by atoms with Crippen LogP contribution >= 0.6 is 11.8 Å². The van der Waals surface area contributed by atoms with Gasteiger partial charge in [-0.3, -0.25) is 9.78 Å². The smallest absolute Gasteiger partial charge is 0.181 e. The van der Waals surface area contributed by atoms with E-state index in [1.54, 1.807) is 22.8 Å². The van der Waals surface area contributed by atoms with E-state index in [4.69, 9.17) is 0 Å². The van der Waals surface area contributed by atoms with Gasteiger partial charge >= 0.3 is 0 Å². The summed E-state index contributed by atoms with van der Waals surface area (Å²) in [7, 11) is 0. The molecule has 1 unspecified atom stereocenters. The van der Waals surface area contributed by atoms with Crippen molar-refractivity contribution in [2.24, 2.45) is 0 Å². The van der Waals surface area contributed by atoms with Crippen molar-refractivity contribution in [2.45, 2.75) is 24.3 Å². The molecule has 0 radical (unpaired) electrons. The SMILES string of the molecule is CSc1ccc(-c2n[nH]c(C(C)Cn3cncn3)n2)cc1. The summed E-state index contributed by atoms with van der Waals surface area (Å²) in [6.45, 7) is 2.81. The highest BCUT2D eigenvalue weighted by atomic mass is 32.2. The fraction of sp³-hybridized carbons (Fsp3) is 0.286. The molecule has 1 aromatic carbocycles. The second-order valence-electron chi connectivity index (χ2n) is 4.79. The minimum absolute atomic E-state index is 0.193. The van der Waals surface area contributed by atoms with Gasteiger partial charge in [0.05, 0.1) is 6.54 Å². The Morgan fingerprint density at radius 3 is 2.76 bits per heavy atom. The van der Waals surface area contributed by atoms with Crippen LogP contribution in [0.25, 0.3) is 11.4 Å². The lowest BCUT2D eigenvalue weighted by molar-refractivity contribution is 0.524. The average molecular weight is 300 g/mol. The van der Waals surface area contributed by atoms with Crippen molar-refractivity contribution >= 4 is 11.8 Å². The van der Waals surface area contributed by atoms with Gasteiger partial charge in [0.25, 0.3) is 0 Å². The Morgan fingerprint density at radius 1 is 1.29 bits per heavy atom. The summed E-state index contributed by atoms with van der Waals surface area (Å²) in [4.78, 5) is 9.75. The maximum absolute atomic E-state index is 4.58. The van der Waals surface area contributed by atoms with E-state index in [0.29, 0.717) is 0 Å². The molecule has 7 heteroatoms. The number of rotatable bonds is 5. The second-order valence-corrected chi connectivity index (χ2v) is 5.67. The van der Waals surface area contributed by atoms with Gasteiger partial charge in [0.15, 0.2) is 5.82 Å². The lowest BCUT2D eigenvalue weighted by Crippen LogP contribution is -2.08. The summed E-state index contributed by atoms with van der Waals surface area (Å²) in [5.41, 5.74) is 1.02. The van der Waals surface area contributed by atoms with Crippen LogP contribution in [-0.2, 0) is 6.54 Å². The van der Waals surface area contributed by atoms with E-state index in [1.165, 1.54) is 11.2 Å². The number of benzene rings is 1. The van der Waals surface area contributed by atoms with Crippen molar-refractivity contribution in [3.8, 4) is 11.4 Å². The Labute approximate surface area is 127 Å². The first-order valence-electron chi connectivity index (χ1n) is 6.65. The van der Waals surface area contributed by atoms with E-state index in [2.05, 4.69) is 50.6 Å². The molecule has 3 aromatic rings. The molecule has 0 spiro atoms. The normalized spacial score (nSPS) is 12.5. The zero-order chi connectivity index (χ0) is 14.7. The minimum atomic E-state index is 0.193. The first kappa shape index (κ1) is 13.8. The molecule has 0 aliphatic carbocycles. The maximum atomic E-state index is 4.58. The molecule has 6 nitrogen and oxygen atoms in total. The van der Waals surface area contributed by atoms with Crippen LogP contribution in [-0.4, -0.2) is 36.2 Å². The van der Waals surface area contributed by atoms with Crippen LogP contribution in [0.15, 0.2) is 41.8 Å². The molecule has 2 aromatic heterocycles. The lowest BCUT2D eigenvalue weighted by atomic mass is 10.1. The molecule has 21 heavy (non-hydrogen) atoms. The molecule has 108 valence electrons. The molecule has 2 heterocycles. The van der Waals surface area contributed by atoms with E-state index in [9.17, 15) is 0 Å². The monoisotopic (exact) mass is 300 g/mol. The standard InChI is InChI=1S/C14H16N6S/c1-10(7-20-9-15-8-16-20)13-17-14(19-18-13)11-3-5-12(21-2)6-4-11/h3-6,8-10H,7H2,1-2H3,(H,17,18,19). The molecule has 0 aliphatic heterocycles. The summed E-state index contributed by atoms with van der Waals surface area (Å²) in [6.07, 6.45) is 5.30. The van der Waals surface area contributed by atoms with Crippen LogP contribution in [0, 0.1) is 0 Å². The van der Waals surface area contributed by atoms with E-state index >= 15 is 0 Å². The highest BCUT2D eigenvalue weighted by Crippen LogP contribution is 2.22. The van der Waals surface area contributed by atoms with Gasteiger partial charge in [0.2, 0.25) is 0 Å². The van der Waals surface area contributed by atoms with E-state index in [1.807, 2.05) is 12.1 Å². The number of aromatic nitrogens is 6. The molecule has 0 fully saturated rings. The zero-order valence-electron chi connectivity index (χ0n) is 11.9. The number of nitrogens with zero attached hydrogens (tertiary/aromatic N) is 5. The molecular formula is C14H16N6S. The molecule has 3 rings (SSSR count). The van der Waals surface area contributed by atoms with Crippen LogP contribution in [0.5, 0.6) is 0 Å². The van der Waals surface area contributed by atoms with Crippen molar-refractivity contribution in [2.75, 3.05) is 6.26 Å². The third-order valence-corrected chi connectivity index (χ3v) is 3.99. The van der Waals surface area contributed by atoms with E-state index < -0.39 is 0 Å². The summed E-state index contributed by atoms with van der Waals surface area (Å²) < 4.78 is 1.79. The Hall–Kier alpha value is -2.15. The first-order chi connectivity index (χ1) is 10.3. The highest BCUT2D eigenvalue weighted by molar-refractivity contribution is 7.98. The third kappa shape index (κ3) is 3.13. The highest BCUT2D eigenvalue weighted by Gasteiger charge is 2.13. The van der Waals surface area contributed by atoms with Gasteiger partial charge in [-0.1, -0.05) is 19.1 Å². The van der Waals surface area contributed by atoms with E-state index in [0.717, 1.165) is 23.8 Å². The summed E-state index contributed by atoms with van der Waals surface area (Å²) in [5.74, 6) is 1.77. The average Bonchev–Trinajstić information content (AvgIpc) is 3.18. The predicted molar refractivity (Wildman–Crippen MR) is 82.0 cm³/mol. The summed E-state index contributed by atoms with van der Waals surface area (Å²) >= 11 is 1.72. The van der Waals surface area contributed by atoms with Crippen LogP contribution in [0.1, 0.15) is 18.7 Å². The van der Waals surface area contributed by atoms with Crippen molar-refractivity contribution in [3.63, 3.8) is 0 Å². The number of aromatic amines is 1. The summed E-state index contributed by atoms with van der Waals surface area (Å²) in [5, 5.41) is 11.4. The van der Waals surface area contributed by atoms with Gasteiger partial charge < -0.3 is 0 Å².